The molecule has 0 N–H and O–H groups in total. The highest BCUT2D eigenvalue weighted by molar-refractivity contribution is 7.93. The van der Waals surface area contributed by atoms with Gasteiger partial charge in [-0.1, -0.05) is 6.08 Å². The first-order valence-electron chi connectivity index (χ1n) is 5.91. The minimum Gasteiger partial charge on any atom is -0.349 e. The van der Waals surface area contributed by atoms with Gasteiger partial charge >= 0.3 is 0 Å². The van der Waals surface area contributed by atoms with Crippen molar-refractivity contribution in [3.8, 4) is 0 Å². The maximum Gasteiger partial charge on any atom is 0.242 e. The summed E-state index contributed by atoms with van der Waals surface area (Å²) < 4.78 is 36.5. The average Bonchev–Trinajstić information content (AvgIpc) is 2.45. The summed E-state index contributed by atoms with van der Waals surface area (Å²) >= 11 is 4.12. The van der Waals surface area contributed by atoms with Crippen molar-refractivity contribution < 1.29 is 17.9 Å². The van der Waals surface area contributed by atoms with E-state index in [-0.39, 0.29) is 10.9 Å². The normalized spacial score (nSPS) is 20.4. The molecule has 0 amide bonds. The van der Waals surface area contributed by atoms with Gasteiger partial charge in [-0.3, -0.25) is 0 Å². The largest absolute Gasteiger partial charge is 0.349 e. The standard InChI is InChI=1S/C12H21NO4S2/c1-10(9-18)13(2)19(14,15)11-5-7-12(16-3,17-4)8-6-11/h5-7,10,18H,8-9H2,1-4H3/t10-/m1/s1. The molecule has 0 bridgehead atoms. The number of hydrogen-bond donors (Lipinski definition) is 1. The number of thiol groups is 1. The third-order valence-electron chi connectivity index (χ3n) is 3.34. The number of ether oxygens (including phenoxy) is 2. The molecule has 0 saturated carbocycles. The molecule has 110 valence electrons. The maximum atomic E-state index is 12.4. The molecule has 1 aliphatic carbocycles. The Labute approximate surface area is 120 Å². The van der Waals surface area contributed by atoms with Crippen LogP contribution < -0.4 is 0 Å². The van der Waals surface area contributed by atoms with Gasteiger partial charge in [0.1, 0.15) is 0 Å². The fourth-order valence-electron chi connectivity index (χ4n) is 1.68. The van der Waals surface area contributed by atoms with Gasteiger partial charge in [-0.15, -0.1) is 0 Å². The van der Waals surface area contributed by atoms with Crippen LogP contribution >= 0.6 is 12.6 Å². The maximum absolute atomic E-state index is 12.4. The highest BCUT2D eigenvalue weighted by Crippen LogP contribution is 2.28. The topological polar surface area (TPSA) is 55.8 Å². The van der Waals surface area contributed by atoms with Gasteiger partial charge in [0.2, 0.25) is 10.0 Å². The van der Waals surface area contributed by atoms with Gasteiger partial charge in [0.05, 0.1) is 4.91 Å². The predicted molar refractivity (Wildman–Crippen MR) is 78.6 cm³/mol. The smallest absolute Gasteiger partial charge is 0.242 e. The van der Waals surface area contributed by atoms with Crippen molar-refractivity contribution in [1.29, 1.82) is 0 Å². The lowest BCUT2D eigenvalue weighted by Gasteiger charge is -2.30. The van der Waals surface area contributed by atoms with E-state index in [1.54, 1.807) is 19.2 Å². The van der Waals surface area contributed by atoms with Gasteiger partial charge in [-0.2, -0.15) is 16.9 Å². The summed E-state index contributed by atoms with van der Waals surface area (Å²) in [5.74, 6) is -0.403. The van der Waals surface area contributed by atoms with Crippen LogP contribution in [0.1, 0.15) is 13.3 Å². The molecule has 5 nitrogen and oxygen atoms in total. The third kappa shape index (κ3) is 3.41. The lowest BCUT2D eigenvalue weighted by molar-refractivity contribution is -0.167. The molecule has 0 aromatic heterocycles. The van der Waals surface area contributed by atoms with Crippen LogP contribution in [-0.2, 0) is 19.5 Å². The lowest BCUT2D eigenvalue weighted by atomic mass is 10.1. The molecule has 0 spiro atoms. The van der Waals surface area contributed by atoms with E-state index in [9.17, 15) is 8.42 Å². The number of nitrogens with zero attached hydrogens (tertiary/aromatic N) is 1. The molecule has 0 aromatic carbocycles. The Bertz CT molecular complexity index is 466. The summed E-state index contributed by atoms with van der Waals surface area (Å²) in [5, 5.41) is 0. The Kier molecular flexibility index (Phi) is 5.64. The van der Waals surface area contributed by atoms with Crippen molar-refractivity contribution in [3.05, 3.63) is 23.1 Å². The molecular formula is C12H21NO4S2. The molecule has 0 radical (unpaired) electrons. The van der Waals surface area contributed by atoms with Crippen molar-refractivity contribution in [2.24, 2.45) is 0 Å². The molecule has 1 aliphatic rings. The van der Waals surface area contributed by atoms with Crippen LogP contribution in [0.15, 0.2) is 23.1 Å². The summed E-state index contributed by atoms with van der Waals surface area (Å²) in [7, 11) is 1.11. The van der Waals surface area contributed by atoms with Crippen molar-refractivity contribution in [2.45, 2.75) is 25.2 Å². The van der Waals surface area contributed by atoms with Crippen LogP contribution in [0.5, 0.6) is 0 Å². The van der Waals surface area contributed by atoms with Gasteiger partial charge in [-0.05, 0) is 19.1 Å². The quantitative estimate of drug-likeness (QED) is 0.595. The molecule has 7 heteroatoms. The predicted octanol–water partition coefficient (Wildman–Crippen LogP) is 1.40. The second-order valence-corrected chi connectivity index (χ2v) is 6.78. The van der Waals surface area contributed by atoms with Gasteiger partial charge in [-0.25, -0.2) is 8.42 Å². The molecule has 1 atom stereocenters. The molecule has 19 heavy (non-hydrogen) atoms. The Morgan fingerprint density at radius 1 is 1.47 bits per heavy atom. The fourth-order valence-corrected chi connectivity index (χ4v) is 3.45. The number of sulfonamides is 1. The Balaban J connectivity index is 2.96. The summed E-state index contributed by atoms with van der Waals surface area (Å²) in [6, 6.07) is -0.167. The second kappa shape index (κ2) is 6.41. The van der Waals surface area contributed by atoms with E-state index in [0.717, 1.165) is 0 Å². The van der Waals surface area contributed by atoms with Crippen LogP contribution in [0.3, 0.4) is 0 Å². The SMILES string of the molecule is COC1(OC)C=CC(S(=O)(=O)N(C)[C@H](C)CS)=CC1. The van der Waals surface area contributed by atoms with E-state index < -0.39 is 15.8 Å². The van der Waals surface area contributed by atoms with Crippen molar-refractivity contribution in [2.75, 3.05) is 27.0 Å². The van der Waals surface area contributed by atoms with E-state index in [1.165, 1.54) is 24.6 Å². The summed E-state index contributed by atoms with van der Waals surface area (Å²) in [6.45, 7) is 1.81. The van der Waals surface area contributed by atoms with Crippen LogP contribution in [0.4, 0.5) is 0 Å². The van der Waals surface area contributed by atoms with Crippen LogP contribution in [-0.4, -0.2) is 51.6 Å². The number of rotatable bonds is 6. The molecular weight excluding hydrogens is 286 g/mol. The molecule has 0 saturated heterocycles. The van der Waals surface area contributed by atoms with E-state index in [4.69, 9.17) is 9.47 Å². The summed E-state index contributed by atoms with van der Waals surface area (Å²) in [6.07, 6.45) is 5.12. The lowest BCUT2D eigenvalue weighted by Crippen LogP contribution is -2.38. The fraction of sp³-hybridized carbons (Fsp3) is 0.667. The van der Waals surface area contributed by atoms with Gasteiger partial charge in [0, 0.05) is 39.5 Å². The average molecular weight is 307 g/mol. The van der Waals surface area contributed by atoms with Crippen molar-refractivity contribution in [1.82, 2.24) is 4.31 Å². The zero-order valence-corrected chi connectivity index (χ0v) is 13.4. The molecule has 0 aromatic rings. The van der Waals surface area contributed by atoms with E-state index in [2.05, 4.69) is 12.6 Å². The summed E-state index contributed by atoms with van der Waals surface area (Å²) in [5.41, 5.74) is 0. The van der Waals surface area contributed by atoms with E-state index in [1.807, 2.05) is 6.92 Å². The zero-order valence-electron chi connectivity index (χ0n) is 11.7. The van der Waals surface area contributed by atoms with Crippen LogP contribution in [0.2, 0.25) is 0 Å². The third-order valence-corrected chi connectivity index (χ3v) is 5.89. The van der Waals surface area contributed by atoms with Crippen LogP contribution in [0, 0.1) is 0 Å². The minimum atomic E-state index is -3.49. The second-order valence-electron chi connectivity index (χ2n) is 4.42. The first-order valence-corrected chi connectivity index (χ1v) is 7.99. The highest BCUT2D eigenvalue weighted by Gasteiger charge is 2.32. The van der Waals surface area contributed by atoms with Crippen LogP contribution in [0.25, 0.3) is 0 Å². The molecule has 0 heterocycles. The number of hydrogen-bond acceptors (Lipinski definition) is 5. The van der Waals surface area contributed by atoms with E-state index in [0.29, 0.717) is 12.2 Å². The van der Waals surface area contributed by atoms with E-state index >= 15 is 0 Å². The Morgan fingerprint density at radius 3 is 2.42 bits per heavy atom. The first kappa shape index (κ1) is 16.7. The molecule has 0 unspecified atom stereocenters. The first-order chi connectivity index (χ1) is 8.83. The number of allylic oxidation sites excluding steroid dienone is 1. The summed E-state index contributed by atoms with van der Waals surface area (Å²) in [4.78, 5) is 0.258. The Morgan fingerprint density at radius 2 is 2.05 bits per heavy atom. The Hall–Kier alpha value is -0.340. The monoisotopic (exact) mass is 307 g/mol. The van der Waals surface area contributed by atoms with Gasteiger partial charge in [0.15, 0.2) is 5.79 Å². The molecule has 0 aliphatic heterocycles. The van der Waals surface area contributed by atoms with Gasteiger partial charge < -0.3 is 9.47 Å². The molecule has 1 rings (SSSR count). The highest BCUT2D eigenvalue weighted by atomic mass is 32.2. The van der Waals surface area contributed by atoms with Gasteiger partial charge in [0.25, 0.3) is 0 Å². The van der Waals surface area contributed by atoms with Crippen molar-refractivity contribution >= 4 is 22.7 Å². The number of methoxy groups -OCH3 is 2. The molecule has 0 fully saturated rings. The zero-order chi connectivity index (χ0) is 14.7. The van der Waals surface area contributed by atoms with Crippen molar-refractivity contribution in [3.63, 3.8) is 0 Å². The minimum absolute atomic E-state index is 0.167.